The molecule has 0 bridgehead atoms. The van der Waals surface area contributed by atoms with Crippen molar-refractivity contribution in [1.82, 2.24) is 14.7 Å². The summed E-state index contributed by atoms with van der Waals surface area (Å²) >= 11 is 3.43. The first kappa shape index (κ1) is 28.8. The van der Waals surface area contributed by atoms with Gasteiger partial charge >= 0.3 is 0 Å². The molecule has 1 atom stereocenters. The van der Waals surface area contributed by atoms with E-state index in [1.807, 2.05) is 13.8 Å². The lowest BCUT2D eigenvalue weighted by Crippen LogP contribution is -2.40. The third-order valence-electron chi connectivity index (χ3n) is 6.09. The lowest BCUT2D eigenvalue weighted by Gasteiger charge is -2.33. The molecule has 0 spiro atoms. The number of rotatable bonds is 9. The van der Waals surface area contributed by atoms with E-state index in [9.17, 15) is 9.18 Å². The molecule has 3 heterocycles. The Labute approximate surface area is 243 Å². The fraction of sp³-hybridized carbons (Fsp3) is 0.370. The number of anilines is 2. The van der Waals surface area contributed by atoms with Crippen LogP contribution in [-0.4, -0.2) is 39.8 Å². The predicted molar refractivity (Wildman–Crippen MR) is 163 cm³/mol. The molecule has 0 aliphatic carbocycles. The zero-order valence-electron chi connectivity index (χ0n) is 21.7. The molecule has 1 saturated heterocycles. The first-order chi connectivity index (χ1) is 18.1. The second-order valence-corrected chi connectivity index (χ2v) is 13.4. The van der Waals surface area contributed by atoms with Crippen LogP contribution in [-0.2, 0) is 0 Å². The van der Waals surface area contributed by atoms with E-state index in [1.54, 1.807) is 45.3 Å². The topological polar surface area (TPSA) is 93.4 Å². The van der Waals surface area contributed by atoms with E-state index in [-0.39, 0.29) is 11.4 Å². The first-order valence-electron chi connectivity index (χ1n) is 12.3. The summed E-state index contributed by atoms with van der Waals surface area (Å²) in [7, 11) is 1.78. The molecule has 11 heteroatoms. The van der Waals surface area contributed by atoms with Gasteiger partial charge in [0, 0.05) is 40.9 Å². The molecule has 1 amide bonds. The van der Waals surface area contributed by atoms with Gasteiger partial charge in [-0.1, -0.05) is 28.8 Å². The number of aromatic nitrogens is 2. The number of carbonyl (C=O) groups is 1. The van der Waals surface area contributed by atoms with Gasteiger partial charge in [0.2, 0.25) is 0 Å². The van der Waals surface area contributed by atoms with Crippen LogP contribution in [0.25, 0.3) is 11.3 Å². The molecule has 3 N–H and O–H groups in total. The Morgan fingerprint density at radius 3 is 2.74 bits per heavy atom. The maximum Gasteiger partial charge on any atom is 0.265 e. The standard InChI is InChI=1S/C27H31FIN5O2S2/c1-16(2)15-36-19-11-17(10-18(28)12-19)22-9-8-21(26(35)33-38-24-7-5-6-23(30)32-24)25(31-22)34-14-20(37-29)13-27(34,3)4/h5-12,16,20H,13-15H2,1-4H3,(H2,30,32)(H,33,35). The van der Waals surface area contributed by atoms with Gasteiger partial charge < -0.3 is 15.4 Å². The molecule has 7 nitrogen and oxygen atoms in total. The molecule has 3 aromatic rings. The first-order valence-corrected chi connectivity index (χ1v) is 16.5. The highest BCUT2D eigenvalue weighted by atomic mass is 127. The van der Waals surface area contributed by atoms with Crippen LogP contribution in [0.5, 0.6) is 5.75 Å². The van der Waals surface area contributed by atoms with E-state index < -0.39 is 5.82 Å². The molecule has 2 aromatic heterocycles. The average molecular weight is 668 g/mol. The number of hydrogen-bond acceptors (Lipinski definition) is 8. The molecule has 1 aromatic carbocycles. The third kappa shape index (κ3) is 7.03. The average Bonchev–Trinajstić information content (AvgIpc) is 3.19. The lowest BCUT2D eigenvalue weighted by molar-refractivity contribution is 0.0984. The number of amides is 1. The second kappa shape index (κ2) is 12.3. The van der Waals surface area contributed by atoms with Crippen molar-refractivity contribution in [2.24, 2.45) is 5.92 Å². The van der Waals surface area contributed by atoms with Gasteiger partial charge in [0.05, 0.1) is 17.9 Å². The molecule has 1 aliphatic rings. The fourth-order valence-corrected chi connectivity index (χ4v) is 6.61. The highest BCUT2D eigenvalue weighted by molar-refractivity contribution is 14.2. The summed E-state index contributed by atoms with van der Waals surface area (Å²) in [5.74, 6) is 1.01. The molecule has 38 heavy (non-hydrogen) atoms. The monoisotopic (exact) mass is 667 g/mol. The molecule has 1 fully saturated rings. The molecule has 4 rings (SSSR count). The summed E-state index contributed by atoms with van der Waals surface area (Å²) in [4.78, 5) is 24.8. The van der Waals surface area contributed by atoms with E-state index in [0.29, 0.717) is 57.0 Å². The summed E-state index contributed by atoms with van der Waals surface area (Å²) in [5.41, 5.74) is 7.14. The minimum Gasteiger partial charge on any atom is -0.493 e. The summed E-state index contributed by atoms with van der Waals surface area (Å²) in [6.45, 7) is 9.61. The van der Waals surface area contributed by atoms with Crippen molar-refractivity contribution in [3.8, 4) is 17.0 Å². The summed E-state index contributed by atoms with van der Waals surface area (Å²) < 4.78 is 23.2. The Bertz CT molecular complexity index is 1310. The molecule has 202 valence electrons. The molecule has 1 unspecified atom stereocenters. The number of nitrogen functional groups attached to an aromatic ring is 1. The maximum absolute atomic E-state index is 14.6. The van der Waals surface area contributed by atoms with Crippen molar-refractivity contribution in [3.05, 3.63) is 59.9 Å². The van der Waals surface area contributed by atoms with Crippen molar-refractivity contribution >= 4 is 59.6 Å². The smallest absolute Gasteiger partial charge is 0.265 e. The molecular weight excluding hydrogens is 636 g/mol. The minimum atomic E-state index is -0.402. The second-order valence-electron chi connectivity index (χ2n) is 10.2. The van der Waals surface area contributed by atoms with Crippen LogP contribution in [0.15, 0.2) is 53.6 Å². The Morgan fingerprint density at radius 2 is 2.05 bits per heavy atom. The van der Waals surface area contributed by atoms with Gasteiger partial charge in [-0.2, -0.15) is 0 Å². The Kier molecular flexibility index (Phi) is 9.30. The minimum absolute atomic E-state index is 0.223. The van der Waals surface area contributed by atoms with Gasteiger partial charge in [-0.15, -0.1) is 0 Å². The molecular formula is C27H31FIN5O2S2. The lowest BCUT2D eigenvalue weighted by atomic mass is 10.0. The maximum atomic E-state index is 14.6. The summed E-state index contributed by atoms with van der Waals surface area (Å²) in [6, 6.07) is 13.4. The van der Waals surface area contributed by atoms with E-state index in [0.717, 1.165) is 24.9 Å². The number of nitrogens with two attached hydrogens (primary N) is 1. The number of carbonyl (C=O) groups excluding carboxylic acids is 1. The summed E-state index contributed by atoms with van der Waals surface area (Å²) in [6.07, 6.45) is 0.947. The van der Waals surface area contributed by atoms with Crippen molar-refractivity contribution in [2.45, 2.75) is 49.9 Å². The van der Waals surface area contributed by atoms with Crippen LogP contribution >= 0.6 is 42.1 Å². The number of hydrogen-bond donors (Lipinski definition) is 2. The molecule has 1 aliphatic heterocycles. The Hall–Kier alpha value is -2.25. The van der Waals surface area contributed by atoms with Gasteiger partial charge in [-0.05, 0) is 83.8 Å². The van der Waals surface area contributed by atoms with Crippen LogP contribution in [0.2, 0.25) is 0 Å². The zero-order valence-corrected chi connectivity index (χ0v) is 25.5. The van der Waals surface area contributed by atoms with E-state index in [2.05, 4.69) is 49.7 Å². The quantitative estimate of drug-likeness (QED) is 0.191. The van der Waals surface area contributed by atoms with Crippen molar-refractivity contribution in [3.63, 3.8) is 0 Å². The highest BCUT2D eigenvalue weighted by Gasteiger charge is 2.40. The predicted octanol–water partition coefficient (Wildman–Crippen LogP) is 6.78. The molecule has 0 radical (unpaired) electrons. The summed E-state index contributed by atoms with van der Waals surface area (Å²) in [5, 5.41) is 0.976. The van der Waals surface area contributed by atoms with Crippen LogP contribution in [0.3, 0.4) is 0 Å². The van der Waals surface area contributed by atoms with Crippen molar-refractivity contribution < 1.29 is 13.9 Å². The number of ether oxygens (including phenoxy) is 1. The van der Waals surface area contributed by atoms with Crippen LogP contribution in [0, 0.1) is 11.7 Å². The zero-order chi connectivity index (χ0) is 27.4. The molecule has 0 saturated carbocycles. The fourth-order valence-electron chi connectivity index (χ4n) is 4.31. The number of pyridine rings is 2. The van der Waals surface area contributed by atoms with E-state index in [4.69, 9.17) is 15.5 Å². The SMILES string of the molecule is CC(C)COc1cc(F)cc(-c2ccc(C(=O)NSc3cccc(N)n3)c(N3CC(SI)CC3(C)C)n2)c1. The number of benzene rings is 1. The number of nitrogens with one attached hydrogen (secondary N) is 1. The number of halogens is 2. The normalized spacial score (nSPS) is 16.6. The Morgan fingerprint density at radius 1 is 1.26 bits per heavy atom. The number of nitrogens with zero attached hydrogens (tertiary/aromatic N) is 3. The van der Waals surface area contributed by atoms with Gasteiger partial charge in [0.15, 0.2) is 0 Å². The van der Waals surface area contributed by atoms with Crippen molar-refractivity contribution in [1.29, 1.82) is 0 Å². The highest BCUT2D eigenvalue weighted by Crippen LogP contribution is 2.41. The van der Waals surface area contributed by atoms with Gasteiger partial charge in [-0.25, -0.2) is 14.4 Å². The van der Waals surface area contributed by atoms with Crippen LogP contribution in [0.4, 0.5) is 16.0 Å². The van der Waals surface area contributed by atoms with Gasteiger partial charge in [0.25, 0.3) is 5.91 Å². The van der Waals surface area contributed by atoms with Gasteiger partial charge in [0.1, 0.15) is 28.2 Å². The van der Waals surface area contributed by atoms with Crippen LogP contribution < -0.4 is 20.1 Å². The Balaban J connectivity index is 1.71. The van der Waals surface area contributed by atoms with Crippen LogP contribution in [0.1, 0.15) is 44.5 Å². The van der Waals surface area contributed by atoms with Gasteiger partial charge in [-0.3, -0.25) is 9.52 Å². The third-order valence-corrected chi connectivity index (χ3v) is 9.54. The van der Waals surface area contributed by atoms with E-state index >= 15 is 0 Å². The van der Waals surface area contributed by atoms with E-state index in [1.165, 1.54) is 12.1 Å². The largest absolute Gasteiger partial charge is 0.493 e. The van der Waals surface area contributed by atoms with Crippen molar-refractivity contribution in [2.75, 3.05) is 23.8 Å².